The number of amides is 3. The molecule has 2 atom stereocenters. The molecule has 13 heteroatoms. The number of anilines is 1. The number of carbonyl (C=O) groups is 2. The molecule has 2 fully saturated rings. The second-order valence-electron chi connectivity index (χ2n) is 9.23. The predicted molar refractivity (Wildman–Crippen MR) is 122 cm³/mol. The SMILES string of the molecule is CCC1CN(C(=O)C2CN(C(C)(C)C)CCN2)CCN1C(=O)Nc1nc(C(F)(F)F)c(Cl)s1. The summed E-state index contributed by atoms with van der Waals surface area (Å²) in [4.78, 5) is 35.0. The van der Waals surface area contributed by atoms with E-state index in [0.29, 0.717) is 37.4 Å². The van der Waals surface area contributed by atoms with Gasteiger partial charge in [-0.25, -0.2) is 9.78 Å². The highest BCUT2D eigenvalue weighted by molar-refractivity contribution is 7.19. The van der Waals surface area contributed by atoms with Gasteiger partial charge in [-0.3, -0.25) is 15.0 Å². The van der Waals surface area contributed by atoms with Crippen LogP contribution < -0.4 is 10.6 Å². The highest BCUT2D eigenvalue weighted by Gasteiger charge is 2.39. The average Bonchev–Trinajstić information content (AvgIpc) is 3.12. The molecule has 0 saturated carbocycles. The summed E-state index contributed by atoms with van der Waals surface area (Å²) < 4.78 is 38.2. The van der Waals surface area contributed by atoms with E-state index in [-0.39, 0.29) is 35.2 Å². The molecule has 0 spiro atoms. The monoisotopic (exact) mass is 510 g/mol. The van der Waals surface area contributed by atoms with E-state index in [0.717, 1.165) is 13.1 Å². The van der Waals surface area contributed by atoms with Crippen molar-refractivity contribution < 1.29 is 22.8 Å². The summed E-state index contributed by atoms with van der Waals surface area (Å²) in [6.07, 6.45) is -4.10. The van der Waals surface area contributed by atoms with Gasteiger partial charge in [0.05, 0.1) is 12.1 Å². The lowest BCUT2D eigenvalue weighted by atomic mass is 10.0. The van der Waals surface area contributed by atoms with Gasteiger partial charge in [-0.1, -0.05) is 29.9 Å². The van der Waals surface area contributed by atoms with Crippen LogP contribution in [0.3, 0.4) is 0 Å². The van der Waals surface area contributed by atoms with Gasteiger partial charge >= 0.3 is 12.2 Å². The molecular formula is C20H30ClF3N6O2S. The fourth-order valence-corrected chi connectivity index (χ4v) is 5.18. The van der Waals surface area contributed by atoms with E-state index < -0.39 is 22.2 Å². The van der Waals surface area contributed by atoms with Gasteiger partial charge in [-0.2, -0.15) is 13.2 Å². The molecule has 0 radical (unpaired) electrons. The van der Waals surface area contributed by atoms with Crippen LogP contribution in [0.1, 0.15) is 39.8 Å². The van der Waals surface area contributed by atoms with Crippen LogP contribution >= 0.6 is 22.9 Å². The van der Waals surface area contributed by atoms with Crippen molar-refractivity contribution in [2.24, 2.45) is 0 Å². The van der Waals surface area contributed by atoms with E-state index in [2.05, 4.69) is 41.3 Å². The zero-order chi connectivity index (χ0) is 24.6. The number of thiazole rings is 1. The molecule has 1 aromatic rings. The summed E-state index contributed by atoms with van der Waals surface area (Å²) in [6.45, 7) is 11.5. The van der Waals surface area contributed by atoms with Gasteiger partial charge in [0.2, 0.25) is 5.91 Å². The maximum Gasteiger partial charge on any atom is 0.435 e. The minimum Gasteiger partial charge on any atom is -0.337 e. The molecular weight excluding hydrogens is 481 g/mol. The first-order chi connectivity index (χ1) is 15.3. The fraction of sp³-hybridized carbons (Fsp3) is 0.750. The first-order valence-electron chi connectivity index (χ1n) is 10.9. The lowest BCUT2D eigenvalue weighted by Gasteiger charge is -2.45. The maximum absolute atomic E-state index is 13.2. The minimum absolute atomic E-state index is 0.00369. The van der Waals surface area contributed by atoms with Gasteiger partial charge in [0.1, 0.15) is 4.34 Å². The number of alkyl halides is 3. The van der Waals surface area contributed by atoms with E-state index in [9.17, 15) is 22.8 Å². The number of piperazine rings is 2. The molecule has 0 aromatic carbocycles. The molecule has 0 bridgehead atoms. The Morgan fingerprint density at radius 3 is 2.48 bits per heavy atom. The van der Waals surface area contributed by atoms with Gasteiger partial charge in [0.15, 0.2) is 10.8 Å². The van der Waals surface area contributed by atoms with Crippen molar-refractivity contribution in [2.75, 3.05) is 44.6 Å². The number of halogens is 4. The Bertz CT molecular complexity index is 875. The van der Waals surface area contributed by atoms with Crippen molar-refractivity contribution in [3.8, 4) is 0 Å². The molecule has 186 valence electrons. The standard InChI is InChI=1S/C20H30ClF3N6O2S/c1-5-12-10-28(16(31)13-11-29(7-6-25-13)19(2,3)4)8-9-30(12)18(32)27-17-26-14(15(21)33-17)20(22,23)24/h12-13,25H,5-11H2,1-4H3,(H,26,27,32). The van der Waals surface area contributed by atoms with Crippen LogP contribution in [0.4, 0.5) is 23.1 Å². The minimum atomic E-state index is -4.69. The van der Waals surface area contributed by atoms with Crippen molar-refractivity contribution in [1.82, 2.24) is 25.0 Å². The van der Waals surface area contributed by atoms with Gasteiger partial charge in [-0.05, 0) is 27.2 Å². The molecule has 3 heterocycles. The number of carbonyl (C=O) groups excluding carboxylic acids is 2. The Kier molecular flexibility index (Phi) is 7.82. The zero-order valence-electron chi connectivity index (χ0n) is 19.1. The summed E-state index contributed by atoms with van der Waals surface area (Å²) in [7, 11) is 0. The predicted octanol–water partition coefficient (Wildman–Crippen LogP) is 3.34. The largest absolute Gasteiger partial charge is 0.435 e. The van der Waals surface area contributed by atoms with E-state index in [1.807, 2.05) is 6.92 Å². The lowest BCUT2D eigenvalue weighted by molar-refractivity contribution is -0.140. The van der Waals surface area contributed by atoms with Crippen molar-refractivity contribution >= 4 is 40.0 Å². The Hall–Kier alpha value is -1.63. The van der Waals surface area contributed by atoms with Crippen molar-refractivity contribution in [3.05, 3.63) is 10.0 Å². The third-order valence-corrected chi connectivity index (χ3v) is 7.19. The first-order valence-corrected chi connectivity index (χ1v) is 12.1. The molecule has 2 aliphatic heterocycles. The first kappa shape index (κ1) is 26.0. The van der Waals surface area contributed by atoms with Crippen LogP contribution in [0.5, 0.6) is 0 Å². The Balaban J connectivity index is 1.62. The summed E-state index contributed by atoms with van der Waals surface area (Å²) in [5.41, 5.74) is -1.25. The lowest BCUT2D eigenvalue weighted by Crippen LogP contribution is -2.64. The number of nitrogens with one attached hydrogen (secondary N) is 2. The molecule has 0 aliphatic carbocycles. The quantitative estimate of drug-likeness (QED) is 0.652. The summed E-state index contributed by atoms with van der Waals surface area (Å²) in [5.74, 6) is 0.00369. The van der Waals surface area contributed by atoms with Crippen molar-refractivity contribution in [2.45, 2.75) is 57.9 Å². The second kappa shape index (κ2) is 9.93. The molecule has 33 heavy (non-hydrogen) atoms. The number of nitrogens with zero attached hydrogens (tertiary/aromatic N) is 4. The fourth-order valence-electron chi connectivity index (χ4n) is 4.11. The zero-order valence-corrected chi connectivity index (χ0v) is 20.7. The highest BCUT2D eigenvalue weighted by atomic mass is 35.5. The van der Waals surface area contributed by atoms with E-state index in [4.69, 9.17) is 11.6 Å². The van der Waals surface area contributed by atoms with Crippen LogP contribution in [0, 0.1) is 0 Å². The summed E-state index contributed by atoms with van der Waals surface area (Å²) >= 11 is 6.21. The van der Waals surface area contributed by atoms with Crippen LogP contribution in [0.25, 0.3) is 0 Å². The average molecular weight is 511 g/mol. The maximum atomic E-state index is 13.2. The number of rotatable bonds is 3. The molecule has 2 N–H and O–H groups in total. The molecule has 1 aromatic heterocycles. The Morgan fingerprint density at radius 2 is 1.91 bits per heavy atom. The third kappa shape index (κ3) is 6.09. The van der Waals surface area contributed by atoms with Gasteiger partial charge in [0.25, 0.3) is 0 Å². The molecule has 2 aliphatic rings. The van der Waals surface area contributed by atoms with E-state index in [1.165, 1.54) is 0 Å². The van der Waals surface area contributed by atoms with Crippen molar-refractivity contribution in [1.29, 1.82) is 0 Å². The number of urea groups is 1. The topological polar surface area (TPSA) is 80.8 Å². The molecule has 2 unspecified atom stereocenters. The number of hydrogen-bond donors (Lipinski definition) is 2. The van der Waals surface area contributed by atoms with Gasteiger partial charge in [-0.15, -0.1) is 0 Å². The van der Waals surface area contributed by atoms with Crippen LogP contribution in [0.15, 0.2) is 0 Å². The summed E-state index contributed by atoms with van der Waals surface area (Å²) in [5, 5.41) is 5.52. The number of aromatic nitrogens is 1. The summed E-state index contributed by atoms with van der Waals surface area (Å²) in [6, 6.07) is -1.13. The van der Waals surface area contributed by atoms with Crippen LogP contribution in [-0.4, -0.2) is 88.5 Å². The van der Waals surface area contributed by atoms with Crippen LogP contribution in [-0.2, 0) is 11.0 Å². The smallest absolute Gasteiger partial charge is 0.337 e. The highest BCUT2D eigenvalue weighted by Crippen LogP contribution is 2.39. The third-order valence-electron chi connectivity index (χ3n) is 6.02. The van der Waals surface area contributed by atoms with Crippen molar-refractivity contribution in [3.63, 3.8) is 0 Å². The van der Waals surface area contributed by atoms with E-state index >= 15 is 0 Å². The van der Waals surface area contributed by atoms with E-state index in [1.54, 1.807) is 9.80 Å². The molecule has 8 nitrogen and oxygen atoms in total. The molecule has 2 saturated heterocycles. The molecule has 3 amide bonds. The normalized spacial score (nSPS) is 23.0. The Labute approximate surface area is 200 Å². The Morgan fingerprint density at radius 1 is 1.21 bits per heavy atom. The van der Waals surface area contributed by atoms with Gasteiger partial charge < -0.3 is 15.1 Å². The second-order valence-corrected chi connectivity index (χ2v) is 10.8. The van der Waals surface area contributed by atoms with Crippen LogP contribution in [0.2, 0.25) is 4.34 Å². The number of hydrogen-bond acceptors (Lipinski definition) is 6. The molecule has 3 rings (SSSR count). The van der Waals surface area contributed by atoms with Gasteiger partial charge in [0, 0.05) is 44.8 Å².